The monoisotopic (exact) mass is 171 g/mol. The van der Waals surface area contributed by atoms with Crippen LogP contribution in [0.25, 0.3) is 0 Å². The van der Waals surface area contributed by atoms with Crippen LogP contribution in [0.1, 0.15) is 13.3 Å². The lowest BCUT2D eigenvalue weighted by molar-refractivity contribution is -0.147. The van der Waals surface area contributed by atoms with Crippen molar-refractivity contribution in [1.82, 2.24) is 4.90 Å². The molecule has 0 aromatic heterocycles. The first-order valence-corrected chi connectivity index (χ1v) is 4.15. The molecular formula is C8H13NO3. The van der Waals surface area contributed by atoms with Gasteiger partial charge in [0.1, 0.15) is 0 Å². The molecule has 0 bridgehead atoms. The van der Waals surface area contributed by atoms with E-state index in [9.17, 15) is 9.59 Å². The first-order chi connectivity index (χ1) is 5.75. The second-order valence-corrected chi connectivity index (χ2v) is 2.68. The average molecular weight is 171 g/mol. The minimum absolute atomic E-state index is 0.288. The summed E-state index contributed by atoms with van der Waals surface area (Å²) in [6.07, 6.45) is 0.288. The third-order valence-electron chi connectivity index (χ3n) is 1.86. The molecule has 68 valence electrons. The number of hydrogen-bond acceptors (Lipinski definition) is 3. The molecule has 1 aliphatic rings. The molecule has 0 aromatic carbocycles. The first-order valence-electron chi connectivity index (χ1n) is 4.15. The number of morpholine rings is 1. The summed E-state index contributed by atoms with van der Waals surface area (Å²) in [7, 11) is 0. The highest BCUT2D eigenvalue weighted by atomic mass is 16.5. The second-order valence-electron chi connectivity index (χ2n) is 2.68. The molecule has 1 aliphatic heterocycles. The number of ether oxygens (including phenoxy) is 1. The second kappa shape index (κ2) is 4.21. The Balaban J connectivity index is 2.45. The van der Waals surface area contributed by atoms with E-state index in [4.69, 9.17) is 4.74 Å². The van der Waals surface area contributed by atoms with Crippen LogP contribution >= 0.6 is 0 Å². The SMILES string of the molecule is CCC(=O)C(=O)N1CCOCC1. The zero-order valence-electron chi connectivity index (χ0n) is 7.21. The van der Waals surface area contributed by atoms with Crippen molar-refractivity contribution in [2.24, 2.45) is 0 Å². The van der Waals surface area contributed by atoms with Gasteiger partial charge in [0.25, 0.3) is 5.91 Å². The van der Waals surface area contributed by atoms with E-state index in [-0.39, 0.29) is 18.1 Å². The molecule has 0 aromatic rings. The molecule has 0 radical (unpaired) electrons. The summed E-state index contributed by atoms with van der Waals surface area (Å²) < 4.78 is 5.06. The number of amides is 1. The quantitative estimate of drug-likeness (QED) is 0.542. The fourth-order valence-corrected chi connectivity index (χ4v) is 1.09. The van der Waals surface area contributed by atoms with Gasteiger partial charge in [0.15, 0.2) is 0 Å². The Morgan fingerprint density at radius 1 is 1.33 bits per heavy atom. The number of ketones is 1. The molecule has 0 saturated carbocycles. The van der Waals surface area contributed by atoms with Gasteiger partial charge in [-0.05, 0) is 0 Å². The maximum Gasteiger partial charge on any atom is 0.290 e. The van der Waals surface area contributed by atoms with Crippen LogP contribution in [0.2, 0.25) is 0 Å². The number of nitrogens with zero attached hydrogens (tertiary/aromatic N) is 1. The van der Waals surface area contributed by atoms with Gasteiger partial charge in [-0.1, -0.05) is 6.92 Å². The molecule has 1 amide bonds. The van der Waals surface area contributed by atoms with E-state index in [0.717, 1.165) is 0 Å². The summed E-state index contributed by atoms with van der Waals surface area (Å²) in [4.78, 5) is 23.8. The first kappa shape index (κ1) is 9.19. The largest absolute Gasteiger partial charge is 0.378 e. The number of hydrogen-bond donors (Lipinski definition) is 0. The zero-order chi connectivity index (χ0) is 8.97. The molecule has 0 N–H and O–H groups in total. The van der Waals surface area contributed by atoms with Crippen LogP contribution < -0.4 is 0 Å². The minimum atomic E-state index is -0.360. The highest BCUT2D eigenvalue weighted by Crippen LogP contribution is 1.99. The Bertz CT molecular complexity index is 185. The topological polar surface area (TPSA) is 46.6 Å². The van der Waals surface area contributed by atoms with Crippen LogP contribution in [0, 0.1) is 0 Å². The maximum atomic E-state index is 11.2. The normalized spacial score (nSPS) is 17.6. The number of rotatable bonds is 2. The Hall–Kier alpha value is -0.900. The van der Waals surface area contributed by atoms with E-state index < -0.39 is 0 Å². The third-order valence-corrected chi connectivity index (χ3v) is 1.86. The van der Waals surface area contributed by atoms with E-state index >= 15 is 0 Å². The zero-order valence-corrected chi connectivity index (χ0v) is 7.21. The Labute approximate surface area is 71.5 Å². The van der Waals surface area contributed by atoms with Gasteiger partial charge in [0, 0.05) is 19.5 Å². The van der Waals surface area contributed by atoms with Crippen LogP contribution in [0.5, 0.6) is 0 Å². The average Bonchev–Trinajstić information content (AvgIpc) is 2.17. The molecule has 1 saturated heterocycles. The van der Waals surface area contributed by atoms with Crippen molar-refractivity contribution in [2.45, 2.75) is 13.3 Å². The minimum Gasteiger partial charge on any atom is -0.378 e. The molecular weight excluding hydrogens is 158 g/mol. The molecule has 12 heavy (non-hydrogen) atoms. The highest BCUT2D eigenvalue weighted by Gasteiger charge is 2.21. The molecule has 0 unspecified atom stereocenters. The summed E-state index contributed by atoms with van der Waals surface area (Å²) in [6.45, 7) is 3.88. The summed E-state index contributed by atoms with van der Waals surface area (Å²) >= 11 is 0. The molecule has 0 spiro atoms. The molecule has 4 heteroatoms. The van der Waals surface area contributed by atoms with Crippen LogP contribution in [-0.4, -0.2) is 42.9 Å². The summed E-state index contributed by atoms with van der Waals surface area (Å²) in [5.74, 6) is -0.669. The van der Waals surface area contributed by atoms with E-state index in [1.807, 2.05) is 0 Å². The van der Waals surface area contributed by atoms with Crippen molar-refractivity contribution in [3.63, 3.8) is 0 Å². The van der Waals surface area contributed by atoms with E-state index in [2.05, 4.69) is 0 Å². The van der Waals surface area contributed by atoms with Gasteiger partial charge in [-0.25, -0.2) is 0 Å². The van der Waals surface area contributed by atoms with E-state index in [1.54, 1.807) is 11.8 Å². The van der Waals surface area contributed by atoms with Crippen LogP contribution in [0.15, 0.2) is 0 Å². The van der Waals surface area contributed by atoms with Gasteiger partial charge >= 0.3 is 0 Å². The Morgan fingerprint density at radius 2 is 1.92 bits per heavy atom. The summed E-state index contributed by atoms with van der Waals surface area (Å²) in [6, 6.07) is 0. The Kier molecular flexibility index (Phi) is 3.22. The van der Waals surface area contributed by atoms with E-state index in [0.29, 0.717) is 26.3 Å². The van der Waals surface area contributed by atoms with Gasteiger partial charge in [-0.2, -0.15) is 0 Å². The van der Waals surface area contributed by atoms with Gasteiger partial charge < -0.3 is 9.64 Å². The standard InChI is InChI=1S/C8H13NO3/c1-2-7(10)8(11)9-3-5-12-6-4-9/h2-6H2,1H3. The van der Waals surface area contributed by atoms with Crippen LogP contribution in [0.4, 0.5) is 0 Å². The van der Waals surface area contributed by atoms with Crippen LogP contribution in [0.3, 0.4) is 0 Å². The predicted octanol–water partition coefficient (Wildman–Crippen LogP) is -0.176. The van der Waals surface area contributed by atoms with Crippen molar-refractivity contribution >= 4 is 11.7 Å². The molecule has 1 heterocycles. The van der Waals surface area contributed by atoms with E-state index in [1.165, 1.54) is 0 Å². The van der Waals surface area contributed by atoms with Crippen molar-refractivity contribution in [2.75, 3.05) is 26.3 Å². The molecule has 0 atom stereocenters. The van der Waals surface area contributed by atoms with Crippen molar-refractivity contribution in [3.8, 4) is 0 Å². The lowest BCUT2D eigenvalue weighted by atomic mass is 10.2. The van der Waals surface area contributed by atoms with Crippen LogP contribution in [-0.2, 0) is 14.3 Å². The van der Waals surface area contributed by atoms with Gasteiger partial charge in [-0.15, -0.1) is 0 Å². The van der Waals surface area contributed by atoms with Crippen molar-refractivity contribution in [1.29, 1.82) is 0 Å². The van der Waals surface area contributed by atoms with Crippen molar-refractivity contribution < 1.29 is 14.3 Å². The predicted molar refractivity (Wildman–Crippen MR) is 42.7 cm³/mol. The maximum absolute atomic E-state index is 11.2. The molecule has 4 nitrogen and oxygen atoms in total. The van der Waals surface area contributed by atoms with Crippen molar-refractivity contribution in [3.05, 3.63) is 0 Å². The summed E-state index contributed by atoms with van der Waals surface area (Å²) in [5.41, 5.74) is 0. The summed E-state index contributed by atoms with van der Waals surface area (Å²) in [5, 5.41) is 0. The highest BCUT2D eigenvalue weighted by molar-refractivity contribution is 6.35. The fraction of sp³-hybridized carbons (Fsp3) is 0.750. The lowest BCUT2D eigenvalue weighted by Gasteiger charge is -2.25. The fourth-order valence-electron chi connectivity index (χ4n) is 1.09. The lowest BCUT2D eigenvalue weighted by Crippen LogP contribution is -2.43. The Morgan fingerprint density at radius 3 is 2.42 bits per heavy atom. The number of carbonyl (C=O) groups is 2. The number of Topliss-reactive ketones (excluding diaryl/α,β-unsaturated/α-hetero) is 1. The van der Waals surface area contributed by atoms with Gasteiger partial charge in [0.2, 0.25) is 5.78 Å². The van der Waals surface area contributed by atoms with Gasteiger partial charge in [-0.3, -0.25) is 9.59 Å². The molecule has 0 aliphatic carbocycles. The molecule has 1 rings (SSSR count). The van der Waals surface area contributed by atoms with Gasteiger partial charge in [0.05, 0.1) is 13.2 Å². The molecule has 1 fully saturated rings. The number of carbonyl (C=O) groups excluding carboxylic acids is 2. The third kappa shape index (κ3) is 2.04. The smallest absolute Gasteiger partial charge is 0.290 e.